The van der Waals surface area contributed by atoms with E-state index in [0.717, 1.165) is 0 Å². The molecule has 2 aromatic rings. The van der Waals surface area contributed by atoms with Crippen LogP contribution in [0.15, 0.2) is 29.0 Å². The first-order valence-electron chi connectivity index (χ1n) is 4.44. The smallest absolute Gasteiger partial charge is 0.308 e. The monoisotopic (exact) mass is 298 g/mol. The summed E-state index contributed by atoms with van der Waals surface area (Å²) in [5.74, 6) is 5.62. The van der Waals surface area contributed by atoms with Gasteiger partial charge in [0.25, 0.3) is 0 Å². The van der Waals surface area contributed by atoms with Crippen molar-refractivity contribution < 1.29 is 4.92 Å². The molecular formula is C8H7BrN6O2. The summed E-state index contributed by atoms with van der Waals surface area (Å²) in [5, 5.41) is 14.8. The van der Waals surface area contributed by atoms with E-state index in [4.69, 9.17) is 5.84 Å². The van der Waals surface area contributed by atoms with E-state index < -0.39 is 4.92 Å². The van der Waals surface area contributed by atoms with E-state index in [9.17, 15) is 10.1 Å². The average molecular weight is 299 g/mol. The van der Waals surface area contributed by atoms with Crippen LogP contribution in [0.3, 0.4) is 0 Å². The first-order valence-corrected chi connectivity index (χ1v) is 5.23. The number of pyridine rings is 1. The van der Waals surface area contributed by atoms with Gasteiger partial charge in [-0.25, -0.2) is 15.5 Å². The predicted octanol–water partition coefficient (Wildman–Crippen LogP) is 1.22. The van der Waals surface area contributed by atoms with Gasteiger partial charge in [-0.1, -0.05) is 0 Å². The maximum atomic E-state index is 10.9. The number of nitrogen functional groups attached to an aromatic ring is 1. The number of nitrogens with two attached hydrogens (primary N) is 1. The maximum Gasteiger partial charge on any atom is 0.313 e. The van der Waals surface area contributed by atoms with Crippen molar-refractivity contribution in [3.8, 4) is 5.82 Å². The molecule has 0 unspecified atom stereocenters. The Morgan fingerprint density at radius 1 is 1.53 bits per heavy atom. The number of hydrogen-bond donors (Lipinski definition) is 2. The van der Waals surface area contributed by atoms with Gasteiger partial charge in [0.2, 0.25) is 5.82 Å². The van der Waals surface area contributed by atoms with Crippen LogP contribution in [-0.2, 0) is 0 Å². The normalized spacial score (nSPS) is 10.2. The van der Waals surface area contributed by atoms with E-state index >= 15 is 0 Å². The third-order valence-corrected chi connectivity index (χ3v) is 2.38. The number of halogens is 1. The molecule has 2 rings (SSSR count). The van der Waals surface area contributed by atoms with Crippen molar-refractivity contribution >= 4 is 27.4 Å². The van der Waals surface area contributed by atoms with E-state index in [1.807, 2.05) is 0 Å². The number of nitro groups is 1. The molecule has 0 bridgehead atoms. The van der Waals surface area contributed by atoms with Crippen LogP contribution in [0.1, 0.15) is 0 Å². The van der Waals surface area contributed by atoms with E-state index in [2.05, 4.69) is 31.4 Å². The fourth-order valence-corrected chi connectivity index (χ4v) is 1.53. The third-order valence-electron chi connectivity index (χ3n) is 1.97. The Labute approximate surface area is 104 Å². The van der Waals surface area contributed by atoms with Gasteiger partial charge < -0.3 is 5.43 Å². The Kier molecular flexibility index (Phi) is 3.02. The van der Waals surface area contributed by atoms with Gasteiger partial charge in [0.15, 0.2) is 0 Å². The van der Waals surface area contributed by atoms with E-state index in [1.54, 1.807) is 6.20 Å². The molecule has 2 heterocycles. The molecule has 2 aromatic heterocycles. The van der Waals surface area contributed by atoms with Crippen LogP contribution in [0.25, 0.3) is 5.82 Å². The van der Waals surface area contributed by atoms with E-state index in [-0.39, 0.29) is 11.5 Å². The van der Waals surface area contributed by atoms with Gasteiger partial charge in [-0.05, 0) is 22.0 Å². The number of rotatable bonds is 3. The molecule has 0 aliphatic rings. The Balaban J connectivity index is 2.60. The zero-order valence-corrected chi connectivity index (χ0v) is 9.96. The zero-order valence-electron chi connectivity index (χ0n) is 8.37. The van der Waals surface area contributed by atoms with Crippen molar-refractivity contribution in [3.05, 3.63) is 39.1 Å². The highest BCUT2D eigenvalue weighted by Crippen LogP contribution is 2.23. The van der Waals surface area contributed by atoms with Crippen molar-refractivity contribution in [2.45, 2.75) is 0 Å². The summed E-state index contributed by atoms with van der Waals surface area (Å²) >= 11 is 3.21. The van der Waals surface area contributed by atoms with Crippen molar-refractivity contribution in [2.75, 3.05) is 5.43 Å². The van der Waals surface area contributed by atoms with Crippen LogP contribution < -0.4 is 11.3 Å². The summed E-state index contributed by atoms with van der Waals surface area (Å²) in [5.41, 5.74) is 2.17. The summed E-state index contributed by atoms with van der Waals surface area (Å²) in [4.78, 5) is 14.3. The minimum Gasteiger partial charge on any atom is -0.308 e. The van der Waals surface area contributed by atoms with Crippen molar-refractivity contribution in [2.24, 2.45) is 5.84 Å². The molecule has 9 heteroatoms. The lowest BCUT2D eigenvalue weighted by molar-refractivity contribution is -0.384. The summed E-state index contributed by atoms with van der Waals surface area (Å²) in [7, 11) is 0. The second-order valence-electron chi connectivity index (χ2n) is 3.04. The Morgan fingerprint density at radius 2 is 2.29 bits per heavy atom. The van der Waals surface area contributed by atoms with Gasteiger partial charge in [-0.15, -0.1) is 0 Å². The summed E-state index contributed by atoms with van der Waals surface area (Å²) < 4.78 is 1.99. The van der Waals surface area contributed by atoms with Gasteiger partial charge in [-0.3, -0.25) is 10.1 Å². The molecule has 0 spiro atoms. The molecule has 8 nitrogen and oxygen atoms in total. The highest BCUT2D eigenvalue weighted by atomic mass is 79.9. The highest BCUT2D eigenvalue weighted by Gasteiger charge is 2.18. The number of aromatic nitrogens is 3. The van der Waals surface area contributed by atoms with Gasteiger partial charge in [0, 0.05) is 12.3 Å². The molecule has 0 saturated carbocycles. The molecule has 0 fully saturated rings. The molecular weight excluding hydrogens is 292 g/mol. The molecule has 3 N–H and O–H groups in total. The topological polar surface area (TPSA) is 112 Å². The van der Waals surface area contributed by atoms with Gasteiger partial charge in [0.05, 0.1) is 15.6 Å². The lowest BCUT2D eigenvalue weighted by Crippen LogP contribution is -2.11. The maximum absolute atomic E-state index is 10.9. The van der Waals surface area contributed by atoms with Crippen LogP contribution in [0, 0.1) is 10.1 Å². The quantitative estimate of drug-likeness (QED) is 0.500. The SMILES string of the molecule is NNc1ccc([N+](=O)[O-])c(-n2cc(Br)cn2)n1. The largest absolute Gasteiger partial charge is 0.313 e. The van der Waals surface area contributed by atoms with E-state index in [0.29, 0.717) is 10.3 Å². The molecule has 17 heavy (non-hydrogen) atoms. The molecule has 0 aliphatic heterocycles. The lowest BCUT2D eigenvalue weighted by Gasteiger charge is -2.04. The Bertz CT molecular complexity index is 569. The van der Waals surface area contributed by atoms with Crippen LogP contribution in [0.4, 0.5) is 11.5 Å². The summed E-state index contributed by atoms with van der Waals surface area (Å²) in [6.07, 6.45) is 3.07. The standard InChI is InChI=1S/C8H7BrN6O2/c9-5-3-11-14(4-5)8-6(15(16)17)1-2-7(12-8)13-10/h1-4H,10H2,(H,12,13). The highest BCUT2D eigenvalue weighted by molar-refractivity contribution is 9.10. The van der Waals surface area contributed by atoms with Crippen molar-refractivity contribution in [1.82, 2.24) is 14.8 Å². The van der Waals surface area contributed by atoms with Crippen LogP contribution in [0.5, 0.6) is 0 Å². The molecule has 0 amide bonds. The lowest BCUT2D eigenvalue weighted by atomic mass is 10.4. The zero-order chi connectivity index (χ0) is 12.4. The second kappa shape index (κ2) is 4.47. The molecule has 0 aromatic carbocycles. The van der Waals surface area contributed by atoms with Gasteiger partial charge in [0.1, 0.15) is 5.82 Å². The van der Waals surface area contributed by atoms with Crippen molar-refractivity contribution in [3.63, 3.8) is 0 Å². The Hall–Kier alpha value is -2.00. The predicted molar refractivity (Wildman–Crippen MR) is 63.5 cm³/mol. The molecule has 88 valence electrons. The molecule has 0 atom stereocenters. The van der Waals surface area contributed by atoms with Crippen LogP contribution in [-0.4, -0.2) is 19.7 Å². The third kappa shape index (κ3) is 2.24. The van der Waals surface area contributed by atoms with Gasteiger partial charge >= 0.3 is 5.69 Å². The first kappa shape index (κ1) is 11.5. The van der Waals surface area contributed by atoms with E-state index in [1.165, 1.54) is 23.0 Å². The number of hydrazine groups is 1. The average Bonchev–Trinajstić information content (AvgIpc) is 2.75. The summed E-state index contributed by atoms with van der Waals surface area (Å²) in [6, 6.07) is 2.73. The number of nitrogens with zero attached hydrogens (tertiary/aromatic N) is 4. The Morgan fingerprint density at radius 3 is 2.82 bits per heavy atom. The molecule has 0 radical (unpaired) electrons. The number of hydrogen-bond acceptors (Lipinski definition) is 6. The number of nitrogens with one attached hydrogen (secondary N) is 1. The van der Waals surface area contributed by atoms with Crippen LogP contribution in [0.2, 0.25) is 0 Å². The number of anilines is 1. The summed E-state index contributed by atoms with van der Waals surface area (Å²) in [6.45, 7) is 0. The fourth-order valence-electron chi connectivity index (χ4n) is 1.25. The second-order valence-corrected chi connectivity index (χ2v) is 3.96. The fraction of sp³-hybridized carbons (Fsp3) is 0. The molecule has 0 aliphatic carbocycles. The first-order chi connectivity index (χ1) is 8.11. The van der Waals surface area contributed by atoms with Crippen LogP contribution >= 0.6 is 15.9 Å². The molecule has 0 saturated heterocycles. The minimum absolute atomic E-state index is 0.0937. The van der Waals surface area contributed by atoms with Crippen molar-refractivity contribution in [1.29, 1.82) is 0 Å². The minimum atomic E-state index is -0.530. The van der Waals surface area contributed by atoms with Gasteiger partial charge in [-0.2, -0.15) is 5.10 Å².